The molecule has 0 bridgehead atoms. The second-order valence-electron chi connectivity index (χ2n) is 6.26. The molecule has 0 aliphatic carbocycles. The maximum atomic E-state index is 12.4. The lowest BCUT2D eigenvalue weighted by Crippen LogP contribution is -1.98. The predicted octanol–water partition coefficient (Wildman–Crippen LogP) is 8.00. The lowest BCUT2D eigenvalue weighted by Gasteiger charge is -2.12. The number of allylic oxidation sites excluding steroid dienone is 1. The Bertz CT molecular complexity index is 1070. The second kappa shape index (κ2) is 10.5. The Kier molecular flexibility index (Phi) is 8.00. The minimum atomic E-state index is -0.0948. The first-order chi connectivity index (χ1) is 14.4. The topological polar surface area (TPSA) is 35.5 Å². The summed E-state index contributed by atoms with van der Waals surface area (Å²) in [6.45, 7) is 0.290. The number of rotatable bonds is 7. The molecule has 3 aromatic carbocycles. The van der Waals surface area contributed by atoms with Crippen LogP contribution in [0.1, 0.15) is 21.5 Å². The van der Waals surface area contributed by atoms with E-state index in [9.17, 15) is 4.79 Å². The monoisotopic (exact) mass is 568 g/mol. The number of ketones is 1. The highest BCUT2D eigenvalue weighted by Crippen LogP contribution is 2.36. The van der Waals surface area contributed by atoms with Crippen LogP contribution in [0, 0.1) is 0 Å². The van der Waals surface area contributed by atoms with Gasteiger partial charge in [-0.1, -0.05) is 35.3 Å². The third-order valence-corrected chi connectivity index (χ3v) is 5.97. The average molecular weight is 571 g/mol. The van der Waals surface area contributed by atoms with E-state index in [2.05, 4.69) is 31.9 Å². The summed E-state index contributed by atoms with van der Waals surface area (Å²) in [7, 11) is 1.59. The number of ether oxygens (including phenoxy) is 2. The van der Waals surface area contributed by atoms with E-state index in [4.69, 9.17) is 32.7 Å². The van der Waals surface area contributed by atoms with Gasteiger partial charge in [-0.05, 0) is 92.0 Å². The van der Waals surface area contributed by atoms with Crippen LogP contribution < -0.4 is 9.47 Å². The molecule has 0 spiro atoms. The van der Waals surface area contributed by atoms with Crippen LogP contribution in [-0.2, 0) is 6.61 Å². The molecule has 0 saturated carbocycles. The van der Waals surface area contributed by atoms with E-state index in [1.165, 1.54) is 6.08 Å². The molecule has 0 N–H and O–H groups in total. The number of benzene rings is 3. The number of halogens is 4. The number of hydrogen-bond acceptors (Lipinski definition) is 3. The molecule has 154 valence electrons. The maximum absolute atomic E-state index is 12.4. The second-order valence-corrected chi connectivity index (χ2v) is 8.82. The third kappa shape index (κ3) is 5.88. The van der Waals surface area contributed by atoms with Crippen LogP contribution in [0.5, 0.6) is 11.5 Å². The van der Waals surface area contributed by atoms with Gasteiger partial charge in [0.1, 0.15) is 18.1 Å². The zero-order chi connectivity index (χ0) is 21.7. The van der Waals surface area contributed by atoms with Gasteiger partial charge in [0.2, 0.25) is 0 Å². The van der Waals surface area contributed by atoms with Crippen LogP contribution in [0.15, 0.2) is 69.6 Å². The Hall–Kier alpha value is -1.79. The van der Waals surface area contributed by atoms with Gasteiger partial charge < -0.3 is 9.47 Å². The van der Waals surface area contributed by atoms with Gasteiger partial charge >= 0.3 is 0 Å². The molecule has 0 fully saturated rings. The molecule has 0 unspecified atom stereocenters. The number of methoxy groups -OCH3 is 1. The highest BCUT2D eigenvalue weighted by molar-refractivity contribution is 9.11. The lowest BCUT2D eigenvalue weighted by atomic mass is 10.1. The van der Waals surface area contributed by atoms with Crippen molar-refractivity contribution >= 4 is 66.9 Å². The van der Waals surface area contributed by atoms with Gasteiger partial charge in [0, 0.05) is 21.2 Å². The Balaban J connectivity index is 1.71. The van der Waals surface area contributed by atoms with Gasteiger partial charge in [-0.3, -0.25) is 4.79 Å². The fraction of sp³-hybridized carbons (Fsp3) is 0.0870. The summed E-state index contributed by atoms with van der Waals surface area (Å²) in [5.41, 5.74) is 2.26. The van der Waals surface area contributed by atoms with Crippen molar-refractivity contribution in [2.75, 3.05) is 7.11 Å². The summed E-state index contributed by atoms with van der Waals surface area (Å²) in [5.74, 6) is 1.25. The van der Waals surface area contributed by atoms with Crippen LogP contribution in [0.3, 0.4) is 0 Å². The zero-order valence-corrected chi connectivity index (χ0v) is 20.5. The van der Waals surface area contributed by atoms with Crippen molar-refractivity contribution in [3.8, 4) is 11.5 Å². The normalized spacial score (nSPS) is 11.0. The molecule has 7 heteroatoms. The molecule has 0 aliphatic rings. The molecule has 0 heterocycles. The number of hydrogen-bond donors (Lipinski definition) is 0. The van der Waals surface area contributed by atoms with Gasteiger partial charge in [0.25, 0.3) is 0 Å². The molecule has 0 aromatic heterocycles. The Morgan fingerprint density at radius 1 is 1.00 bits per heavy atom. The molecule has 0 aliphatic heterocycles. The SMILES string of the molecule is COc1ccc(C(=O)/C=C/c2cc(Br)c(OCc3ccc(Cl)cc3Cl)c(Br)c2)cc1. The predicted molar refractivity (Wildman–Crippen MR) is 129 cm³/mol. The van der Waals surface area contributed by atoms with Gasteiger partial charge in [-0.15, -0.1) is 0 Å². The Morgan fingerprint density at radius 3 is 2.27 bits per heavy atom. The van der Waals surface area contributed by atoms with E-state index in [-0.39, 0.29) is 5.78 Å². The van der Waals surface area contributed by atoms with Crippen molar-refractivity contribution in [2.24, 2.45) is 0 Å². The first-order valence-electron chi connectivity index (χ1n) is 8.79. The zero-order valence-electron chi connectivity index (χ0n) is 15.8. The minimum Gasteiger partial charge on any atom is -0.497 e. The van der Waals surface area contributed by atoms with Gasteiger partial charge in [0.05, 0.1) is 16.1 Å². The first kappa shape index (κ1) is 22.9. The van der Waals surface area contributed by atoms with Crippen molar-refractivity contribution in [1.82, 2.24) is 0 Å². The van der Waals surface area contributed by atoms with Crippen molar-refractivity contribution in [1.29, 1.82) is 0 Å². The Morgan fingerprint density at radius 2 is 1.67 bits per heavy atom. The summed E-state index contributed by atoms with van der Waals surface area (Å²) in [6, 6.07) is 16.0. The highest BCUT2D eigenvalue weighted by atomic mass is 79.9. The van der Waals surface area contributed by atoms with E-state index in [0.29, 0.717) is 33.7 Å². The molecule has 0 saturated heterocycles. The van der Waals surface area contributed by atoms with Crippen molar-refractivity contribution in [2.45, 2.75) is 6.61 Å². The van der Waals surface area contributed by atoms with E-state index >= 15 is 0 Å². The minimum absolute atomic E-state index is 0.0948. The number of carbonyl (C=O) groups is 1. The molecule has 0 amide bonds. The third-order valence-electron chi connectivity index (χ3n) is 4.21. The maximum Gasteiger partial charge on any atom is 0.185 e. The Labute approximate surface area is 201 Å². The smallest absolute Gasteiger partial charge is 0.185 e. The highest BCUT2D eigenvalue weighted by Gasteiger charge is 2.11. The van der Waals surface area contributed by atoms with Crippen molar-refractivity contribution in [3.63, 3.8) is 0 Å². The molecule has 3 rings (SSSR count). The molecule has 30 heavy (non-hydrogen) atoms. The fourth-order valence-electron chi connectivity index (χ4n) is 2.63. The molecule has 0 radical (unpaired) electrons. The van der Waals surface area contributed by atoms with Crippen LogP contribution in [-0.4, -0.2) is 12.9 Å². The van der Waals surface area contributed by atoms with Gasteiger partial charge in [-0.2, -0.15) is 0 Å². The largest absolute Gasteiger partial charge is 0.497 e. The number of carbonyl (C=O) groups excluding carboxylic acids is 1. The summed E-state index contributed by atoms with van der Waals surface area (Å²) in [5, 5.41) is 1.12. The summed E-state index contributed by atoms with van der Waals surface area (Å²) in [4.78, 5) is 12.4. The van der Waals surface area contributed by atoms with E-state index in [0.717, 1.165) is 20.1 Å². The summed E-state index contributed by atoms with van der Waals surface area (Å²) in [6.07, 6.45) is 3.28. The standard InChI is InChI=1S/C23H16Br2Cl2O3/c1-29-18-7-4-15(5-8-18)22(28)9-2-14-10-19(24)23(20(25)11-14)30-13-16-3-6-17(26)12-21(16)27/h2-12H,13H2,1H3/b9-2+. The average Bonchev–Trinajstić information content (AvgIpc) is 2.72. The van der Waals surface area contributed by atoms with Crippen LogP contribution in [0.4, 0.5) is 0 Å². The van der Waals surface area contributed by atoms with Crippen LogP contribution in [0.2, 0.25) is 10.0 Å². The molecule has 0 atom stereocenters. The molecule has 3 nitrogen and oxygen atoms in total. The van der Waals surface area contributed by atoms with E-state index < -0.39 is 0 Å². The molecular formula is C23H16Br2Cl2O3. The first-order valence-corrected chi connectivity index (χ1v) is 11.1. The quantitative estimate of drug-likeness (QED) is 0.213. The van der Waals surface area contributed by atoms with Crippen LogP contribution >= 0.6 is 55.1 Å². The van der Waals surface area contributed by atoms with Crippen molar-refractivity contribution in [3.05, 3.63) is 96.4 Å². The summed E-state index contributed by atoms with van der Waals surface area (Å²) >= 11 is 19.2. The summed E-state index contributed by atoms with van der Waals surface area (Å²) < 4.78 is 12.5. The lowest BCUT2D eigenvalue weighted by molar-refractivity contribution is 0.104. The van der Waals surface area contributed by atoms with Gasteiger partial charge in [0.15, 0.2) is 5.78 Å². The molecule has 3 aromatic rings. The van der Waals surface area contributed by atoms with E-state index in [1.54, 1.807) is 49.6 Å². The van der Waals surface area contributed by atoms with Gasteiger partial charge in [-0.25, -0.2) is 0 Å². The van der Waals surface area contributed by atoms with Crippen molar-refractivity contribution < 1.29 is 14.3 Å². The van der Waals surface area contributed by atoms with Crippen LogP contribution in [0.25, 0.3) is 6.08 Å². The van der Waals surface area contributed by atoms with E-state index in [1.807, 2.05) is 18.2 Å². The fourth-order valence-corrected chi connectivity index (χ4v) is 4.54. The molecular weight excluding hydrogens is 555 g/mol.